The minimum atomic E-state index is -2.98. The molecule has 5 N–H and O–H groups in total. The molecule has 0 unspecified atom stereocenters. The summed E-state index contributed by atoms with van der Waals surface area (Å²) in [5.41, 5.74) is -1.85. The van der Waals surface area contributed by atoms with Gasteiger partial charge in [0.25, 0.3) is 0 Å². The number of aliphatic carboxylic acids is 1. The van der Waals surface area contributed by atoms with Crippen molar-refractivity contribution in [2.75, 3.05) is 31.7 Å². The van der Waals surface area contributed by atoms with E-state index in [0.29, 0.717) is 0 Å². The largest absolute Gasteiger partial charge is 0.479 e. The van der Waals surface area contributed by atoms with Gasteiger partial charge in [0.05, 0.1) is 11.2 Å². The maximum atomic E-state index is 11.2. The summed E-state index contributed by atoms with van der Waals surface area (Å²) in [6.07, 6.45) is 1.15. The number of carbonyl (C=O) groups is 6. The van der Waals surface area contributed by atoms with Crippen LogP contribution in [0.15, 0.2) is 0 Å². The fourth-order valence-corrected chi connectivity index (χ4v) is 2.81. The Bertz CT molecular complexity index is 1190. The van der Waals surface area contributed by atoms with Crippen LogP contribution in [0, 0.1) is 27.1 Å². The Morgan fingerprint density at radius 2 is 0.870 bits per heavy atom. The van der Waals surface area contributed by atoms with Gasteiger partial charge in [-0.05, 0) is 55.4 Å². The Hall–Kier alpha value is -3.23. The lowest BCUT2D eigenvalue weighted by molar-refractivity contribution is -0.161. The molecule has 54 heavy (non-hydrogen) atoms. The molecule has 0 heterocycles. The first-order valence-electron chi connectivity index (χ1n) is 17.9. The fraction of sp³-hybridized carbons (Fsp3) is 0.846. The van der Waals surface area contributed by atoms with E-state index in [2.05, 4.69) is 26.0 Å². The second-order valence-corrected chi connectivity index (χ2v) is 20.5. The number of ether oxygens (including phenoxy) is 1. The normalized spacial score (nSPS) is 11.5. The van der Waals surface area contributed by atoms with Gasteiger partial charge in [-0.15, -0.1) is 0 Å². The first kappa shape index (κ1) is 62.7. The minimum absolute atomic E-state index is 0. The van der Waals surface area contributed by atoms with Gasteiger partial charge in [0.2, 0.25) is 23.6 Å². The first-order valence-corrected chi connectivity index (χ1v) is 19.9. The van der Waals surface area contributed by atoms with Gasteiger partial charge in [-0.3, -0.25) is 24.0 Å². The lowest BCUT2D eigenvalue weighted by Gasteiger charge is -2.19. The van der Waals surface area contributed by atoms with E-state index >= 15 is 0 Å². The number of hydrogen-bond donors (Lipinski definition) is 5. The Labute approximate surface area is 329 Å². The van der Waals surface area contributed by atoms with E-state index in [1.165, 1.54) is 0 Å². The van der Waals surface area contributed by atoms with Crippen LogP contribution in [-0.2, 0) is 43.3 Å². The van der Waals surface area contributed by atoms with Crippen LogP contribution in [-0.4, -0.2) is 92.9 Å². The summed E-state index contributed by atoms with van der Waals surface area (Å²) in [5.74, 6) is -1.43. The predicted molar refractivity (Wildman–Crippen MR) is 221 cm³/mol. The number of hydrogen-bond acceptors (Lipinski definition) is 9. The van der Waals surface area contributed by atoms with Crippen molar-refractivity contribution in [3.8, 4) is 0 Å². The molecule has 14 nitrogen and oxygen atoms in total. The molecular formula is C39H82N4O10S. The topological polar surface area (TPSA) is 214 Å². The molecule has 0 atom stereocenters. The van der Waals surface area contributed by atoms with Crippen molar-refractivity contribution < 1.29 is 47.0 Å². The minimum Gasteiger partial charge on any atom is -0.479 e. The van der Waals surface area contributed by atoms with Crippen molar-refractivity contribution in [3.05, 3.63) is 0 Å². The highest BCUT2D eigenvalue weighted by atomic mass is 32.2. The third-order valence-electron chi connectivity index (χ3n) is 5.60. The number of esters is 1. The number of carbonyl (C=O) groups excluding carboxylic acids is 5. The van der Waals surface area contributed by atoms with Gasteiger partial charge >= 0.3 is 11.9 Å². The van der Waals surface area contributed by atoms with Crippen LogP contribution in [0.5, 0.6) is 0 Å². The zero-order chi connectivity index (χ0) is 44.0. The lowest BCUT2D eigenvalue weighted by atomic mass is 9.95. The van der Waals surface area contributed by atoms with Gasteiger partial charge < -0.3 is 31.1 Å². The molecule has 0 aromatic carbocycles. The van der Waals surface area contributed by atoms with Crippen LogP contribution in [0.2, 0.25) is 0 Å². The summed E-state index contributed by atoms with van der Waals surface area (Å²) in [7, 11) is -2.98. The quantitative estimate of drug-likeness (QED) is 0.187. The molecule has 0 spiro atoms. The van der Waals surface area contributed by atoms with Crippen molar-refractivity contribution in [2.45, 2.75) is 158 Å². The number of sulfone groups is 1. The van der Waals surface area contributed by atoms with E-state index < -0.39 is 39.2 Å². The monoisotopic (exact) mass is 799 g/mol. The zero-order valence-electron chi connectivity index (χ0n) is 37.0. The van der Waals surface area contributed by atoms with Crippen LogP contribution in [0.3, 0.4) is 0 Å². The molecule has 0 aliphatic carbocycles. The molecule has 0 rings (SSSR count). The van der Waals surface area contributed by atoms with E-state index in [1.807, 2.05) is 96.9 Å². The molecule has 0 aromatic heterocycles. The summed E-state index contributed by atoms with van der Waals surface area (Å²) in [4.78, 5) is 65.4. The molecule has 0 saturated carbocycles. The highest BCUT2D eigenvalue weighted by molar-refractivity contribution is 7.90. The molecular weight excluding hydrogens is 717 g/mol. The molecule has 324 valence electrons. The van der Waals surface area contributed by atoms with Gasteiger partial charge in [0, 0.05) is 53.1 Å². The summed E-state index contributed by atoms with van der Waals surface area (Å²) in [6.45, 7) is 37.6. The number of amides is 4. The number of nitrogens with one attached hydrogen (secondary N) is 4. The zero-order valence-corrected chi connectivity index (χ0v) is 37.8. The predicted octanol–water partition coefficient (Wildman–Crippen LogP) is 5.77. The van der Waals surface area contributed by atoms with Crippen LogP contribution < -0.4 is 21.3 Å². The maximum Gasteiger partial charge on any atom is 0.341 e. The first-order chi connectivity index (χ1) is 23.1. The highest BCUT2D eigenvalue weighted by Gasteiger charge is 2.24. The third-order valence-corrected chi connectivity index (χ3v) is 6.54. The summed E-state index contributed by atoms with van der Waals surface area (Å²) < 4.78 is 25.9. The number of carboxylic acid groups (broad SMARTS) is 1. The molecule has 0 bridgehead atoms. The van der Waals surface area contributed by atoms with Crippen molar-refractivity contribution in [1.29, 1.82) is 0 Å². The molecule has 0 saturated heterocycles. The standard InChI is InChI=1S/C8H17NO3S.2C8H17NO.C7H15NO.C7H12O4.CH4/c1-8(2,3)7(10)9-5-6-13(4,11)12;2*1-6(2)9-7(10)8(3,4)5;1-5-8-6(9)7(2,3)4;1-7(2,3)6(10)11-4-5(8)9;/h5-6H2,1-4H3,(H,9,10);2*6H,1-5H3,(H,9,10);5H2,1-4H3,(H,8,9);4H2,1-3H3,(H,8,9);1H4. The second kappa shape index (κ2) is 27.4. The van der Waals surface area contributed by atoms with Gasteiger partial charge in [-0.25, -0.2) is 13.2 Å². The van der Waals surface area contributed by atoms with E-state index in [9.17, 15) is 37.2 Å². The van der Waals surface area contributed by atoms with E-state index in [0.717, 1.165) is 12.8 Å². The molecule has 0 aliphatic rings. The fourth-order valence-electron chi connectivity index (χ4n) is 2.34. The van der Waals surface area contributed by atoms with Gasteiger partial charge in [-0.2, -0.15) is 0 Å². The average molecular weight is 799 g/mol. The summed E-state index contributed by atoms with van der Waals surface area (Å²) in [5, 5.41) is 19.1. The van der Waals surface area contributed by atoms with Crippen molar-refractivity contribution in [3.63, 3.8) is 0 Å². The summed E-state index contributed by atoms with van der Waals surface area (Å²) in [6, 6.07) is 0.485. The molecule has 15 heteroatoms. The van der Waals surface area contributed by atoms with Crippen LogP contribution in [0.1, 0.15) is 146 Å². The number of rotatable bonds is 8. The van der Waals surface area contributed by atoms with Gasteiger partial charge in [0.15, 0.2) is 6.61 Å². The van der Waals surface area contributed by atoms with E-state index in [1.54, 1.807) is 41.5 Å². The summed E-state index contributed by atoms with van der Waals surface area (Å²) >= 11 is 0. The van der Waals surface area contributed by atoms with Gasteiger partial charge in [0.1, 0.15) is 9.84 Å². The second-order valence-electron chi connectivity index (χ2n) is 18.2. The molecule has 0 fully saturated rings. The van der Waals surface area contributed by atoms with Crippen LogP contribution in [0.4, 0.5) is 0 Å². The highest BCUT2D eigenvalue weighted by Crippen LogP contribution is 2.15. The SMILES string of the molecule is C.CC(C)(C)C(=O)NCCS(C)(=O)=O.CC(C)(C)C(=O)OCC(=O)O.CC(C)NC(=O)C(C)(C)C.CC(C)NC(=O)C(C)(C)C.CCNC(=O)C(C)(C)C. The molecule has 0 aliphatic heterocycles. The Balaban J connectivity index is -0.000000133. The van der Waals surface area contributed by atoms with Gasteiger partial charge in [-0.1, -0.05) is 90.5 Å². The molecule has 0 aromatic rings. The Kier molecular flexibility index (Phi) is 31.8. The number of carboxylic acids is 1. The maximum absolute atomic E-state index is 11.2. The lowest BCUT2D eigenvalue weighted by Crippen LogP contribution is -2.38. The molecule has 0 radical (unpaired) electrons. The van der Waals surface area contributed by atoms with E-state index in [4.69, 9.17) is 5.11 Å². The molecule has 4 amide bonds. The Morgan fingerprint density at radius 1 is 0.574 bits per heavy atom. The third kappa shape index (κ3) is 44.9. The smallest absolute Gasteiger partial charge is 0.341 e. The Morgan fingerprint density at radius 3 is 1.04 bits per heavy atom. The van der Waals surface area contributed by atoms with E-state index in [-0.39, 0.29) is 71.7 Å². The van der Waals surface area contributed by atoms with Crippen molar-refractivity contribution in [1.82, 2.24) is 21.3 Å². The van der Waals surface area contributed by atoms with Crippen LogP contribution >= 0.6 is 0 Å². The van der Waals surface area contributed by atoms with Crippen LogP contribution in [0.25, 0.3) is 0 Å². The van der Waals surface area contributed by atoms with Crippen molar-refractivity contribution in [2.24, 2.45) is 27.1 Å². The average Bonchev–Trinajstić information content (AvgIpc) is 2.89. The van der Waals surface area contributed by atoms with Crippen molar-refractivity contribution >= 4 is 45.4 Å².